The molecule has 7 nitrogen and oxygen atoms in total. The van der Waals surface area contributed by atoms with E-state index in [1.165, 1.54) is 4.90 Å². The van der Waals surface area contributed by atoms with E-state index in [0.29, 0.717) is 48.0 Å². The van der Waals surface area contributed by atoms with Crippen LogP contribution in [0.5, 0.6) is 11.5 Å². The lowest BCUT2D eigenvalue weighted by molar-refractivity contribution is -0.138. The molecule has 7 heteroatoms. The fraction of sp³-hybridized carbons (Fsp3) is 0.385. The molecule has 174 valence electrons. The Morgan fingerprint density at radius 3 is 2.52 bits per heavy atom. The molecular weight excluding hydrogens is 420 g/mol. The van der Waals surface area contributed by atoms with Crippen LogP contribution in [0.1, 0.15) is 30.9 Å². The highest BCUT2D eigenvalue weighted by Crippen LogP contribution is 2.36. The van der Waals surface area contributed by atoms with Crippen LogP contribution in [0.4, 0.5) is 0 Å². The van der Waals surface area contributed by atoms with E-state index in [9.17, 15) is 14.7 Å². The Kier molecular flexibility index (Phi) is 6.99. The number of benzene rings is 2. The van der Waals surface area contributed by atoms with Crippen molar-refractivity contribution >= 4 is 17.4 Å². The average Bonchev–Trinajstić information content (AvgIpc) is 3.10. The number of ether oxygens (including phenoxy) is 2. The third kappa shape index (κ3) is 4.59. The van der Waals surface area contributed by atoms with Gasteiger partial charge >= 0.3 is 0 Å². The molecule has 2 amide bonds. The van der Waals surface area contributed by atoms with Gasteiger partial charge in [-0.15, -0.1) is 0 Å². The summed E-state index contributed by atoms with van der Waals surface area (Å²) in [4.78, 5) is 30.5. The van der Waals surface area contributed by atoms with Crippen LogP contribution < -0.4 is 9.47 Å². The van der Waals surface area contributed by atoms with Crippen LogP contribution in [0.25, 0.3) is 5.57 Å². The van der Waals surface area contributed by atoms with Gasteiger partial charge in [0.1, 0.15) is 17.2 Å². The number of hydrogen-bond donors (Lipinski definition) is 1. The number of rotatable bonds is 8. The number of para-hydroxylation sites is 1. The van der Waals surface area contributed by atoms with Crippen molar-refractivity contribution in [2.45, 2.75) is 26.3 Å². The standard InChI is InChI=1S/C26H30N2O5/c1-3-33-21-12-10-19(11-13-21)23-24(27-14-6-7-18(15-27)17-29)26(31)28(25(23)30)16-20-8-4-5-9-22(20)32-2/h4-5,8-13,18,29H,3,6-7,14-17H2,1-2H3. The summed E-state index contributed by atoms with van der Waals surface area (Å²) in [5.74, 6) is 0.792. The zero-order chi connectivity index (χ0) is 23.4. The molecule has 2 aromatic rings. The number of hydrogen-bond acceptors (Lipinski definition) is 6. The van der Waals surface area contributed by atoms with E-state index in [4.69, 9.17) is 9.47 Å². The maximum absolute atomic E-state index is 13.6. The van der Waals surface area contributed by atoms with E-state index in [0.717, 1.165) is 18.4 Å². The number of piperidine rings is 1. The Labute approximate surface area is 194 Å². The fourth-order valence-corrected chi connectivity index (χ4v) is 4.57. The molecule has 2 aromatic carbocycles. The Morgan fingerprint density at radius 2 is 1.82 bits per heavy atom. The summed E-state index contributed by atoms with van der Waals surface area (Å²) >= 11 is 0. The van der Waals surface area contributed by atoms with Gasteiger partial charge in [0.2, 0.25) is 0 Å². The number of carbonyl (C=O) groups excluding carboxylic acids is 2. The van der Waals surface area contributed by atoms with Crippen molar-refractivity contribution in [2.24, 2.45) is 5.92 Å². The molecule has 33 heavy (non-hydrogen) atoms. The highest BCUT2D eigenvalue weighted by atomic mass is 16.5. The molecule has 1 N–H and O–H groups in total. The van der Waals surface area contributed by atoms with Crippen molar-refractivity contribution < 1.29 is 24.2 Å². The van der Waals surface area contributed by atoms with E-state index < -0.39 is 0 Å². The third-order valence-corrected chi connectivity index (χ3v) is 6.21. The minimum absolute atomic E-state index is 0.0647. The summed E-state index contributed by atoms with van der Waals surface area (Å²) in [5, 5.41) is 9.71. The van der Waals surface area contributed by atoms with Crippen molar-refractivity contribution in [1.82, 2.24) is 9.80 Å². The van der Waals surface area contributed by atoms with E-state index in [-0.39, 0.29) is 30.9 Å². The van der Waals surface area contributed by atoms with Crippen molar-refractivity contribution in [1.29, 1.82) is 0 Å². The second-order valence-electron chi connectivity index (χ2n) is 8.33. The van der Waals surface area contributed by atoms with E-state index in [1.54, 1.807) is 7.11 Å². The smallest absolute Gasteiger partial charge is 0.278 e. The lowest BCUT2D eigenvalue weighted by Gasteiger charge is -2.34. The second kappa shape index (κ2) is 10.1. The first-order chi connectivity index (χ1) is 16.1. The summed E-state index contributed by atoms with van der Waals surface area (Å²) in [7, 11) is 1.57. The summed E-state index contributed by atoms with van der Waals surface area (Å²) in [6.45, 7) is 3.88. The molecular formula is C26H30N2O5. The molecule has 0 bridgehead atoms. The highest BCUT2D eigenvalue weighted by Gasteiger charge is 2.42. The maximum atomic E-state index is 13.6. The van der Waals surface area contributed by atoms with E-state index in [2.05, 4.69) is 0 Å². The lowest BCUT2D eigenvalue weighted by atomic mass is 9.97. The zero-order valence-electron chi connectivity index (χ0n) is 19.1. The summed E-state index contributed by atoms with van der Waals surface area (Å²) in [6.07, 6.45) is 1.77. The molecule has 2 aliphatic heterocycles. The molecule has 0 spiro atoms. The second-order valence-corrected chi connectivity index (χ2v) is 8.33. The molecule has 1 unspecified atom stereocenters. The van der Waals surface area contributed by atoms with Gasteiger partial charge in [0, 0.05) is 25.3 Å². The average molecular weight is 451 g/mol. The number of amides is 2. The monoisotopic (exact) mass is 450 g/mol. The zero-order valence-corrected chi connectivity index (χ0v) is 19.1. The van der Waals surface area contributed by atoms with Crippen molar-refractivity contribution in [3.8, 4) is 11.5 Å². The molecule has 1 fully saturated rings. The van der Waals surface area contributed by atoms with Gasteiger partial charge in [-0.05, 0) is 49.4 Å². The first-order valence-electron chi connectivity index (χ1n) is 11.4. The molecule has 0 aromatic heterocycles. The van der Waals surface area contributed by atoms with Crippen molar-refractivity contribution in [2.75, 3.05) is 33.4 Å². The van der Waals surface area contributed by atoms with Crippen LogP contribution in [0.15, 0.2) is 54.2 Å². The van der Waals surface area contributed by atoms with Crippen molar-refractivity contribution in [3.63, 3.8) is 0 Å². The van der Waals surface area contributed by atoms with Crippen molar-refractivity contribution in [3.05, 3.63) is 65.4 Å². The molecule has 0 aliphatic carbocycles. The minimum Gasteiger partial charge on any atom is -0.496 e. The van der Waals surface area contributed by atoms with Gasteiger partial charge in [0.25, 0.3) is 11.8 Å². The van der Waals surface area contributed by atoms with E-state index >= 15 is 0 Å². The Bertz CT molecular complexity index is 1050. The number of methoxy groups -OCH3 is 1. The maximum Gasteiger partial charge on any atom is 0.278 e. The topological polar surface area (TPSA) is 79.3 Å². The normalized spacial score (nSPS) is 18.8. The van der Waals surface area contributed by atoms with Gasteiger partial charge in [0.05, 0.1) is 25.8 Å². The summed E-state index contributed by atoms with van der Waals surface area (Å²) in [5.41, 5.74) is 2.26. The van der Waals surface area contributed by atoms with Crippen LogP contribution in [0, 0.1) is 5.92 Å². The summed E-state index contributed by atoms with van der Waals surface area (Å²) < 4.78 is 11.0. The molecule has 4 rings (SSSR count). The van der Waals surface area contributed by atoms with Gasteiger partial charge in [-0.2, -0.15) is 0 Å². The number of aliphatic hydroxyl groups is 1. The number of imide groups is 1. The molecule has 2 aliphatic rings. The van der Waals surface area contributed by atoms with Gasteiger partial charge in [0.15, 0.2) is 0 Å². The Morgan fingerprint density at radius 1 is 1.06 bits per heavy atom. The Balaban J connectivity index is 1.72. The first kappa shape index (κ1) is 22.9. The summed E-state index contributed by atoms with van der Waals surface area (Å²) in [6, 6.07) is 14.7. The number of carbonyl (C=O) groups is 2. The first-order valence-corrected chi connectivity index (χ1v) is 11.4. The Hall–Kier alpha value is -3.32. The fourth-order valence-electron chi connectivity index (χ4n) is 4.57. The van der Waals surface area contributed by atoms with Crippen LogP contribution in [0.3, 0.4) is 0 Å². The van der Waals surface area contributed by atoms with Crippen LogP contribution in [-0.4, -0.2) is 60.1 Å². The van der Waals surface area contributed by atoms with Gasteiger partial charge in [-0.25, -0.2) is 0 Å². The molecule has 0 radical (unpaired) electrons. The third-order valence-electron chi connectivity index (χ3n) is 6.21. The lowest BCUT2D eigenvalue weighted by Crippen LogP contribution is -2.40. The van der Waals surface area contributed by atoms with Gasteiger partial charge < -0.3 is 19.5 Å². The van der Waals surface area contributed by atoms with Gasteiger partial charge in [-0.1, -0.05) is 30.3 Å². The molecule has 2 heterocycles. The number of nitrogens with zero attached hydrogens (tertiary/aromatic N) is 2. The largest absolute Gasteiger partial charge is 0.496 e. The molecule has 1 atom stereocenters. The van der Waals surface area contributed by atoms with E-state index in [1.807, 2.05) is 60.4 Å². The highest BCUT2D eigenvalue weighted by molar-refractivity contribution is 6.35. The van der Waals surface area contributed by atoms with Crippen LogP contribution >= 0.6 is 0 Å². The van der Waals surface area contributed by atoms with Crippen LogP contribution in [0.2, 0.25) is 0 Å². The molecule has 1 saturated heterocycles. The molecule has 0 saturated carbocycles. The SMILES string of the molecule is CCOc1ccc(C2=C(N3CCCC(CO)C3)C(=O)N(Cc3ccccc3OC)C2=O)cc1. The predicted octanol–water partition coefficient (Wildman–Crippen LogP) is 3.08. The minimum atomic E-state index is -0.323. The van der Waals surface area contributed by atoms with Crippen LogP contribution in [-0.2, 0) is 16.1 Å². The van der Waals surface area contributed by atoms with Gasteiger partial charge in [-0.3, -0.25) is 14.5 Å². The number of aliphatic hydroxyl groups excluding tert-OH is 1. The quantitative estimate of drug-likeness (QED) is 0.623. The predicted molar refractivity (Wildman–Crippen MR) is 124 cm³/mol. The number of likely N-dealkylation sites (tertiary alicyclic amines) is 1.